The third-order valence-electron chi connectivity index (χ3n) is 4.86. The Balaban J connectivity index is 3.43. The van der Waals surface area contributed by atoms with Crippen LogP contribution in [0.4, 0.5) is 0 Å². The highest BCUT2D eigenvalue weighted by molar-refractivity contribution is 5.70. The van der Waals surface area contributed by atoms with Crippen LogP contribution in [0.3, 0.4) is 0 Å². The smallest absolute Gasteiger partial charge is 0.308 e. The van der Waals surface area contributed by atoms with Gasteiger partial charge in [-0.25, -0.2) is 0 Å². The zero-order chi connectivity index (χ0) is 28.3. The first-order valence-electron chi connectivity index (χ1n) is 11.4. The van der Waals surface area contributed by atoms with Gasteiger partial charge in [0.25, 0.3) is 0 Å². The lowest BCUT2D eigenvalue weighted by Gasteiger charge is -2.44. The molecule has 0 radical (unpaired) electrons. The van der Waals surface area contributed by atoms with Gasteiger partial charge in [0.15, 0.2) is 24.6 Å². The van der Waals surface area contributed by atoms with E-state index < -0.39 is 85.3 Å². The summed E-state index contributed by atoms with van der Waals surface area (Å²) in [5, 5.41) is 0. The Morgan fingerprint density at radius 3 is 1.78 bits per heavy atom. The van der Waals surface area contributed by atoms with Crippen LogP contribution in [-0.2, 0) is 66.7 Å². The van der Waals surface area contributed by atoms with Crippen molar-refractivity contribution >= 4 is 35.8 Å². The quantitative estimate of drug-likeness (QED) is 0.248. The molecule has 37 heavy (non-hydrogen) atoms. The van der Waals surface area contributed by atoms with Crippen molar-refractivity contribution in [3.8, 4) is 0 Å². The molecule has 210 valence electrons. The Labute approximate surface area is 214 Å². The summed E-state index contributed by atoms with van der Waals surface area (Å²) in [7, 11) is 1.17. The van der Waals surface area contributed by atoms with Crippen molar-refractivity contribution in [3.05, 3.63) is 0 Å². The average Bonchev–Trinajstić information content (AvgIpc) is 2.74. The van der Waals surface area contributed by atoms with Crippen LogP contribution in [0.1, 0.15) is 54.4 Å². The zero-order valence-electron chi connectivity index (χ0n) is 21.9. The summed E-state index contributed by atoms with van der Waals surface area (Å²) in [4.78, 5) is 70.5. The lowest BCUT2D eigenvalue weighted by molar-refractivity contribution is -0.318. The van der Waals surface area contributed by atoms with Crippen molar-refractivity contribution in [1.29, 1.82) is 0 Å². The number of methoxy groups -OCH3 is 1. The van der Waals surface area contributed by atoms with Crippen molar-refractivity contribution in [3.63, 3.8) is 0 Å². The summed E-state index contributed by atoms with van der Waals surface area (Å²) >= 11 is 0. The molecule has 0 spiro atoms. The van der Waals surface area contributed by atoms with Gasteiger partial charge in [0.1, 0.15) is 18.8 Å². The molecular formula is C23H34O14. The number of hydrogen-bond acceptors (Lipinski definition) is 14. The predicted octanol–water partition coefficient (Wildman–Crippen LogP) is 0.360. The molecule has 1 saturated heterocycles. The Kier molecular flexibility index (Phi) is 13.0. The second-order valence-electron chi connectivity index (χ2n) is 8.26. The van der Waals surface area contributed by atoms with E-state index in [0.717, 1.165) is 27.7 Å². The van der Waals surface area contributed by atoms with Crippen LogP contribution in [0.2, 0.25) is 0 Å². The maximum Gasteiger partial charge on any atom is 0.308 e. The highest BCUT2D eigenvalue weighted by Crippen LogP contribution is 2.31. The number of ether oxygens (including phenoxy) is 8. The van der Waals surface area contributed by atoms with Gasteiger partial charge in [0, 0.05) is 41.0 Å². The Hall–Kier alpha value is -3.26. The van der Waals surface area contributed by atoms with E-state index in [9.17, 15) is 28.8 Å². The second kappa shape index (κ2) is 15.1. The minimum Gasteiger partial charge on any atom is -0.469 e. The topological polar surface area (TPSA) is 176 Å². The van der Waals surface area contributed by atoms with Crippen molar-refractivity contribution in [2.24, 2.45) is 0 Å². The van der Waals surface area contributed by atoms with Crippen LogP contribution in [0.25, 0.3) is 0 Å². The third kappa shape index (κ3) is 11.6. The first-order valence-corrected chi connectivity index (χ1v) is 11.4. The van der Waals surface area contributed by atoms with Crippen LogP contribution in [0.5, 0.6) is 0 Å². The fourth-order valence-corrected chi connectivity index (χ4v) is 3.65. The zero-order valence-corrected chi connectivity index (χ0v) is 21.9. The number of hydrogen-bond donors (Lipinski definition) is 0. The van der Waals surface area contributed by atoms with Crippen LogP contribution in [0, 0.1) is 0 Å². The van der Waals surface area contributed by atoms with Gasteiger partial charge in [-0.1, -0.05) is 0 Å². The molecule has 1 heterocycles. The Bertz CT molecular complexity index is 839. The highest BCUT2D eigenvalue weighted by atomic mass is 16.7. The first-order chi connectivity index (χ1) is 17.2. The van der Waals surface area contributed by atoms with Gasteiger partial charge in [-0.3, -0.25) is 28.8 Å². The second-order valence-corrected chi connectivity index (χ2v) is 8.26. The van der Waals surface area contributed by atoms with Gasteiger partial charge in [-0.05, 0) is 6.92 Å². The fourth-order valence-electron chi connectivity index (χ4n) is 3.65. The summed E-state index contributed by atoms with van der Waals surface area (Å²) < 4.78 is 42.7. The monoisotopic (exact) mass is 534 g/mol. The largest absolute Gasteiger partial charge is 0.469 e. The third-order valence-corrected chi connectivity index (χ3v) is 4.86. The van der Waals surface area contributed by atoms with E-state index in [-0.39, 0.29) is 12.8 Å². The number of rotatable bonds is 12. The number of carbonyl (C=O) groups excluding carboxylic acids is 6. The van der Waals surface area contributed by atoms with Gasteiger partial charge in [0.05, 0.1) is 19.6 Å². The summed E-state index contributed by atoms with van der Waals surface area (Å²) in [6, 6.07) is 0. The Morgan fingerprint density at radius 2 is 1.30 bits per heavy atom. The molecule has 1 rings (SSSR count). The van der Waals surface area contributed by atoms with Crippen LogP contribution < -0.4 is 0 Å². The number of carbonyl (C=O) groups is 6. The standard InChI is InChI=1S/C23H34O14/c1-11(32-13(3)25)8-17(9-19(29)30-7)36-23-22(35-16(6)28)21(34-15(5)27)20(33-14(4)26)18(37-23)10-31-12(2)24/h11,17-18,20-23H,8-10H2,1-7H3/t11?,17?,18-,20-,21+,22-,23-/m1/s1. The van der Waals surface area contributed by atoms with Gasteiger partial charge >= 0.3 is 35.8 Å². The van der Waals surface area contributed by atoms with Crippen LogP contribution in [0.15, 0.2) is 0 Å². The lowest BCUT2D eigenvalue weighted by Crippen LogP contribution is -2.63. The molecule has 0 aromatic carbocycles. The molecule has 1 fully saturated rings. The molecule has 2 unspecified atom stereocenters. The van der Waals surface area contributed by atoms with Gasteiger partial charge < -0.3 is 37.9 Å². The molecule has 1 aliphatic rings. The molecule has 0 saturated carbocycles. The molecular weight excluding hydrogens is 500 g/mol. The van der Waals surface area contributed by atoms with E-state index in [4.69, 9.17) is 37.9 Å². The minimum absolute atomic E-state index is 0.00154. The van der Waals surface area contributed by atoms with Crippen LogP contribution >= 0.6 is 0 Å². The highest BCUT2D eigenvalue weighted by Gasteiger charge is 2.53. The summed E-state index contributed by atoms with van der Waals surface area (Å²) in [5.74, 6) is -4.29. The normalized spacial score (nSPS) is 24.6. The molecule has 0 amide bonds. The van der Waals surface area contributed by atoms with E-state index in [2.05, 4.69) is 0 Å². The van der Waals surface area contributed by atoms with Gasteiger partial charge in [-0.15, -0.1) is 0 Å². The summed E-state index contributed by atoms with van der Waals surface area (Å²) in [6.45, 7) is 6.76. The fraction of sp³-hybridized carbons (Fsp3) is 0.739. The molecule has 1 aliphatic heterocycles. The lowest BCUT2D eigenvalue weighted by atomic mass is 9.97. The minimum atomic E-state index is -1.50. The molecule has 0 bridgehead atoms. The van der Waals surface area contributed by atoms with Gasteiger partial charge in [0.2, 0.25) is 0 Å². The van der Waals surface area contributed by atoms with E-state index in [1.54, 1.807) is 6.92 Å². The molecule has 14 nitrogen and oxygen atoms in total. The molecule has 0 aromatic heterocycles. The van der Waals surface area contributed by atoms with Crippen molar-refractivity contribution in [2.75, 3.05) is 13.7 Å². The molecule has 14 heteroatoms. The first kappa shape index (κ1) is 31.8. The van der Waals surface area contributed by atoms with Crippen molar-refractivity contribution in [2.45, 2.75) is 97.3 Å². The predicted molar refractivity (Wildman–Crippen MR) is 119 cm³/mol. The van der Waals surface area contributed by atoms with E-state index >= 15 is 0 Å². The molecule has 7 atom stereocenters. The van der Waals surface area contributed by atoms with E-state index in [1.165, 1.54) is 14.0 Å². The van der Waals surface area contributed by atoms with E-state index in [1.807, 2.05) is 0 Å². The SMILES string of the molecule is COC(=O)CC(CC(C)OC(C)=O)O[C@@H]1O[C@H](COC(C)=O)[C@@H](OC(C)=O)[C@H](OC(C)=O)[C@H]1OC(C)=O. The molecule has 0 aromatic rings. The maximum atomic E-state index is 12.0. The van der Waals surface area contributed by atoms with E-state index in [0.29, 0.717) is 0 Å². The van der Waals surface area contributed by atoms with Crippen molar-refractivity contribution < 1.29 is 66.7 Å². The maximum absolute atomic E-state index is 12.0. The summed E-state index contributed by atoms with van der Waals surface area (Å²) in [5.41, 5.74) is 0. The average molecular weight is 535 g/mol. The Morgan fingerprint density at radius 1 is 0.757 bits per heavy atom. The van der Waals surface area contributed by atoms with Crippen molar-refractivity contribution in [1.82, 2.24) is 0 Å². The number of esters is 6. The molecule has 0 aliphatic carbocycles. The molecule has 0 N–H and O–H groups in total. The summed E-state index contributed by atoms with van der Waals surface area (Å²) in [6.07, 6.45) is -8.99. The van der Waals surface area contributed by atoms with Gasteiger partial charge in [-0.2, -0.15) is 0 Å². The van der Waals surface area contributed by atoms with Crippen LogP contribution in [-0.4, -0.2) is 92.4 Å².